The SMILES string of the molecule is CCCNC(=O)N(C)CC(=O)N1N=C(c2ccc(OC)cc2)C[C@@H]1c1ccc(F)cc1. The summed E-state index contributed by atoms with van der Waals surface area (Å²) in [5.74, 6) is 0.0697. The van der Waals surface area contributed by atoms with Crippen LogP contribution in [0.1, 0.15) is 36.9 Å². The van der Waals surface area contributed by atoms with Crippen molar-refractivity contribution in [1.82, 2.24) is 15.2 Å². The Balaban J connectivity index is 1.83. The van der Waals surface area contributed by atoms with Crippen LogP contribution in [-0.2, 0) is 4.79 Å². The number of rotatable bonds is 7. The maximum Gasteiger partial charge on any atom is 0.317 e. The van der Waals surface area contributed by atoms with Crippen LogP contribution >= 0.6 is 0 Å². The van der Waals surface area contributed by atoms with Crippen molar-refractivity contribution in [2.45, 2.75) is 25.8 Å². The predicted molar refractivity (Wildman–Crippen MR) is 116 cm³/mol. The van der Waals surface area contributed by atoms with Gasteiger partial charge in [0.15, 0.2) is 0 Å². The van der Waals surface area contributed by atoms with Gasteiger partial charge in [0, 0.05) is 20.0 Å². The number of methoxy groups -OCH3 is 1. The monoisotopic (exact) mass is 426 g/mol. The van der Waals surface area contributed by atoms with Gasteiger partial charge in [-0.1, -0.05) is 19.1 Å². The number of benzene rings is 2. The van der Waals surface area contributed by atoms with Crippen LogP contribution in [0.25, 0.3) is 0 Å². The Morgan fingerprint density at radius 1 is 1.19 bits per heavy atom. The van der Waals surface area contributed by atoms with Crippen LogP contribution in [0.15, 0.2) is 53.6 Å². The first-order valence-electron chi connectivity index (χ1n) is 10.2. The average molecular weight is 426 g/mol. The molecule has 0 fully saturated rings. The molecule has 1 heterocycles. The topological polar surface area (TPSA) is 74.2 Å². The smallest absolute Gasteiger partial charge is 0.317 e. The number of carbonyl (C=O) groups is 2. The molecule has 1 aliphatic heterocycles. The maximum absolute atomic E-state index is 13.4. The molecule has 0 bridgehead atoms. The van der Waals surface area contributed by atoms with Gasteiger partial charge in [-0.2, -0.15) is 5.10 Å². The minimum atomic E-state index is -0.377. The molecular weight excluding hydrogens is 399 g/mol. The van der Waals surface area contributed by atoms with E-state index >= 15 is 0 Å². The Morgan fingerprint density at radius 2 is 1.87 bits per heavy atom. The van der Waals surface area contributed by atoms with E-state index in [1.165, 1.54) is 22.0 Å². The van der Waals surface area contributed by atoms with Crippen molar-refractivity contribution in [3.8, 4) is 5.75 Å². The molecule has 3 rings (SSSR count). The highest BCUT2D eigenvalue weighted by molar-refractivity contribution is 6.03. The fraction of sp³-hybridized carbons (Fsp3) is 0.348. The molecule has 0 radical (unpaired) electrons. The van der Waals surface area contributed by atoms with Crippen molar-refractivity contribution >= 4 is 17.6 Å². The molecule has 1 N–H and O–H groups in total. The van der Waals surface area contributed by atoms with Gasteiger partial charge in [0.25, 0.3) is 5.91 Å². The maximum atomic E-state index is 13.4. The lowest BCUT2D eigenvalue weighted by atomic mass is 9.98. The lowest BCUT2D eigenvalue weighted by Crippen LogP contribution is -2.43. The third kappa shape index (κ3) is 5.39. The zero-order chi connectivity index (χ0) is 22.4. The summed E-state index contributed by atoms with van der Waals surface area (Å²) < 4.78 is 18.6. The number of hydrazone groups is 1. The first-order chi connectivity index (χ1) is 14.9. The van der Waals surface area contributed by atoms with Gasteiger partial charge in [0.05, 0.1) is 18.9 Å². The number of urea groups is 1. The molecular formula is C23H27FN4O3. The second-order valence-electron chi connectivity index (χ2n) is 7.37. The summed E-state index contributed by atoms with van der Waals surface area (Å²) in [6.45, 7) is 2.38. The van der Waals surface area contributed by atoms with E-state index in [1.54, 1.807) is 26.3 Å². The summed E-state index contributed by atoms with van der Waals surface area (Å²) in [4.78, 5) is 26.5. The summed E-state index contributed by atoms with van der Waals surface area (Å²) in [6.07, 6.45) is 1.29. The average Bonchev–Trinajstić information content (AvgIpc) is 3.23. The third-order valence-electron chi connectivity index (χ3n) is 5.09. The van der Waals surface area contributed by atoms with Crippen LogP contribution in [0.4, 0.5) is 9.18 Å². The Labute approximate surface area is 181 Å². The van der Waals surface area contributed by atoms with Crippen LogP contribution in [0.3, 0.4) is 0 Å². The highest BCUT2D eigenvalue weighted by Gasteiger charge is 2.33. The second-order valence-corrected chi connectivity index (χ2v) is 7.37. The van der Waals surface area contributed by atoms with E-state index in [0.717, 1.165) is 29.0 Å². The first kappa shape index (κ1) is 22.3. The molecule has 31 heavy (non-hydrogen) atoms. The van der Waals surface area contributed by atoms with E-state index in [-0.39, 0.29) is 30.3 Å². The predicted octanol–water partition coefficient (Wildman–Crippen LogP) is 3.56. The number of hydrogen-bond donors (Lipinski definition) is 1. The number of likely N-dealkylation sites (N-methyl/N-ethyl adjacent to an activating group) is 1. The number of amides is 3. The molecule has 0 aliphatic carbocycles. The highest BCUT2D eigenvalue weighted by atomic mass is 19.1. The van der Waals surface area contributed by atoms with Gasteiger partial charge in [-0.05, 0) is 53.9 Å². The summed E-state index contributed by atoms with van der Waals surface area (Å²) in [5, 5.41) is 8.72. The molecule has 0 unspecified atom stereocenters. The molecule has 0 saturated heterocycles. The molecule has 0 spiro atoms. The molecule has 7 nitrogen and oxygen atoms in total. The van der Waals surface area contributed by atoms with Crippen LogP contribution in [0.5, 0.6) is 5.75 Å². The van der Waals surface area contributed by atoms with Crippen LogP contribution in [0, 0.1) is 5.82 Å². The standard InChI is InChI=1S/C23H27FN4O3/c1-4-13-25-23(30)27(2)15-22(29)28-21(17-5-9-18(24)10-6-17)14-20(26-28)16-7-11-19(31-3)12-8-16/h5-12,21H,4,13-15H2,1-3H3,(H,25,30)/t21-/m1/s1. The molecule has 0 saturated carbocycles. The molecule has 2 aromatic carbocycles. The molecule has 164 valence electrons. The van der Waals surface area contributed by atoms with E-state index in [1.807, 2.05) is 31.2 Å². The van der Waals surface area contributed by atoms with Gasteiger partial charge in [-0.3, -0.25) is 4.79 Å². The lowest BCUT2D eigenvalue weighted by molar-refractivity contribution is -0.133. The van der Waals surface area contributed by atoms with Crippen molar-refractivity contribution in [2.75, 3.05) is 27.2 Å². The number of nitrogens with one attached hydrogen (secondary N) is 1. The fourth-order valence-electron chi connectivity index (χ4n) is 3.36. The van der Waals surface area contributed by atoms with Crippen molar-refractivity contribution in [3.05, 3.63) is 65.5 Å². The number of hydrogen-bond acceptors (Lipinski definition) is 4. The second kappa shape index (κ2) is 10.1. The molecule has 0 aromatic heterocycles. The van der Waals surface area contributed by atoms with E-state index in [2.05, 4.69) is 10.4 Å². The number of nitrogens with zero attached hydrogens (tertiary/aromatic N) is 3. The fourth-order valence-corrected chi connectivity index (χ4v) is 3.36. The van der Waals surface area contributed by atoms with Gasteiger partial charge < -0.3 is 15.0 Å². The van der Waals surface area contributed by atoms with Crippen molar-refractivity contribution in [1.29, 1.82) is 0 Å². The van der Waals surface area contributed by atoms with Crippen LogP contribution in [-0.4, -0.2) is 54.8 Å². The van der Waals surface area contributed by atoms with Crippen LogP contribution in [0.2, 0.25) is 0 Å². The Kier molecular flexibility index (Phi) is 7.23. The van der Waals surface area contributed by atoms with Gasteiger partial charge in [0.1, 0.15) is 18.1 Å². The molecule has 3 amide bonds. The molecule has 2 aromatic rings. The van der Waals surface area contributed by atoms with E-state index < -0.39 is 0 Å². The Hall–Kier alpha value is -3.42. The lowest BCUT2D eigenvalue weighted by Gasteiger charge is -2.25. The number of halogens is 1. The van der Waals surface area contributed by atoms with Crippen molar-refractivity contribution in [3.63, 3.8) is 0 Å². The summed E-state index contributed by atoms with van der Waals surface area (Å²) in [6, 6.07) is 12.8. The van der Waals surface area contributed by atoms with Gasteiger partial charge >= 0.3 is 6.03 Å². The Bertz CT molecular complexity index is 944. The zero-order valence-electron chi connectivity index (χ0n) is 18.0. The van der Waals surface area contributed by atoms with E-state index in [4.69, 9.17) is 4.74 Å². The summed E-state index contributed by atoms with van der Waals surface area (Å²) in [7, 11) is 3.17. The third-order valence-corrected chi connectivity index (χ3v) is 5.09. The Morgan fingerprint density at radius 3 is 2.48 bits per heavy atom. The zero-order valence-corrected chi connectivity index (χ0v) is 18.0. The highest BCUT2D eigenvalue weighted by Crippen LogP contribution is 2.33. The summed E-state index contributed by atoms with van der Waals surface area (Å²) >= 11 is 0. The number of ether oxygens (including phenoxy) is 1. The normalized spacial score (nSPS) is 15.4. The van der Waals surface area contributed by atoms with Crippen molar-refractivity contribution in [2.24, 2.45) is 5.10 Å². The largest absolute Gasteiger partial charge is 0.497 e. The minimum absolute atomic E-state index is 0.118. The quantitative estimate of drug-likeness (QED) is 0.736. The van der Waals surface area contributed by atoms with E-state index in [0.29, 0.717) is 13.0 Å². The number of carbonyl (C=O) groups excluding carboxylic acids is 2. The minimum Gasteiger partial charge on any atom is -0.497 e. The van der Waals surface area contributed by atoms with E-state index in [9.17, 15) is 14.0 Å². The molecule has 1 aliphatic rings. The van der Waals surface area contributed by atoms with Gasteiger partial charge in [-0.25, -0.2) is 14.2 Å². The molecule has 1 atom stereocenters. The molecule has 8 heteroatoms. The van der Waals surface area contributed by atoms with Crippen LogP contribution < -0.4 is 10.1 Å². The first-order valence-corrected chi connectivity index (χ1v) is 10.2. The van der Waals surface area contributed by atoms with Gasteiger partial charge in [-0.15, -0.1) is 0 Å². The summed E-state index contributed by atoms with van der Waals surface area (Å²) in [5.41, 5.74) is 2.39. The van der Waals surface area contributed by atoms with Crippen molar-refractivity contribution < 1.29 is 18.7 Å². The van der Waals surface area contributed by atoms with Gasteiger partial charge in [0.2, 0.25) is 0 Å².